The minimum Gasteiger partial charge on any atom is -0.367 e. The number of rotatable bonds is 5. The molecule has 1 aromatic heterocycles. The molecule has 0 bridgehead atoms. The Balaban J connectivity index is 1.56. The standard InChI is InChI=1S/C17H23N3O2S/c1-14-2-4-17(5-3-14)23(21,22)20-10-7-16(8-11-20)19-13-15-6-9-18-12-15/h2-6,9,12,16,18-19H,7-8,10-11,13H2,1H3. The van der Waals surface area contributed by atoms with E-state index in [1.807, 2.05) is 37.5 Å². The predicted molar refractivity (Wildman–Crippen MR) is 90.6 cm³/mol. The second-order valence-electron chi connectivity index (χ2n) is 6.09. The van der Waals surface area contributed by atoms with E-state index in [0.717, 1.165) is 24.9 Å². The lowest BCUT2D eigenvalue weighted by Crippen LogP contribution is -2.44. The molecular weight excluding hydrogens is 310 g/mol. The van der Waals surface area contributed by atoms with Gasteiger partial charge in [-0.15, -0.1) is 0 Å². The summed E-state index contributed by atoms with van der Waals surface area (Å²) in [4.78, 5) is 3.43. The Labute approximate surface area is 137 Å². The minimum atomic E-state index is -3.36. The molecule has 0 aliphatic carbocycles. The summed E-state index contributed by atoms with van der Waals surface area (Å²) < 4.78 is 26.9. The van der Waals surface area contributed by atoms with E-state index in [1.165, 1.54) is 5.56 Å². The van der Waals surface area contributed by atoms with E-state index < -0.39 is 10.0 Å². The molecule has 2 N–H and O–H groups in total. The van der Waals surface area contributed by atoms with Gasteiger partial charge in [-0.1, -0.05) is 17.7 Å². The minimum absolute atomic E-state index is 0.370. The molecule has 0 unspecified atom stereocenters. The molecule has 6 heteroatoms. The Hall–Kier alpha value is -1.63. The highest BCUT2D eigenvalue weighted by molar-refractivity contribution is 7.89. The topological polar surface area (TPSA) is 65.2 Å². The van der Waals surface area contributed by atoms with Gasteiger partial charge in [0.1, 0.15) is 0 Å². The van der Waals surface area contributed by atoms with Crippen LogP contribution < -0.4 is 5.32 Å². The fourth-order valence-corrected chi connectivity index (χ4v) is 4.36. The lowest BCUT2D eigenvalue weighted by Gasteiger charge is -2.31. The van der Waals surface area contributed by atoms with Crippen molar-refractivity contribution in [3.05, 3.63) is 53.9 Å². The van der Waals surface area contributed by atoms with Gasteiger partial charge in [-0.25, -0.2) is 8.42 Å². The summed E-state index contributed by atoms with van der Waals surface area (Å²) in [6.45, 7) is 3.92. The van der Waals surface area contributed by atoms with E-state index >= 15 is 0 Å². The van der Waals surface area contributed by atoms with Gasteiger partial charge < -0.3 is 10.3 Å². The molecule has 0 amide bonds. The van der Waals surface area contributed by atoms with Gasteiger partial charge in [-0.2, -0.15) is 4.31 Å². The quantitative estimate of drug-likeness (QED) is 0.882. The molecule has 23 heavy (non-hydrogen) atoms. The summed E-state index contributed by atoms with van der Waals surface area (Å²) in [6.07, 6.45) is 5.57. The first kappa shape index (κ1) is 16.2. The molecule has 1 aliphatic heterocycles. The summed E-state index contributed by atoms with van der Waals surface area (Å²) in [5, 5.41) is 3.50. The molecule has 124 valence electrons. The van der Waals surface area contributed by atoms with Crippen molar-refractivity contribution in [1.82, 2.24) is 14.6 Å². The number of aromatic amines is 1. The first-order valence-corrected chi connectivity index (χ1v) is 9.41. The fourth-order valence-electron chi connectivity index (χ4n) is 2.89. The maximum Gasteiger partial charge on any atom is 0.243 e. The van der Waals surface area contributed by atoms with Crippen LogP contribution in [0.25, 0.3) is 0 Å². The second-order valence-corrected chi connectivity index (χ2v) is 8.03. The van der Waals surface area contributed by atoms with Crippen LogP contribution in [0.5, 0.6) is 0 Å². The van der Waals surface area contributed by atoms with Gasteiger partial charge in [0, 0.05) is 38.1 Å². The number of sulfonamides is 1. The number of hydrogen-bond acceptors (Lipinski definition) is 3. The van der Waals surface area contributed by atoms with Crippen molar-refractivity contribution in [2.24, 2.45) is 0 Å². The lowest BCUT2D eigenvalue weighted by atomic mass is 10.1. The van der Waals surface area contributed by atoms with Gasteiger partial charge in [-0.05, 0) is 43.5 Å². The average molecular weight is 333 g/mol. The van der Waals surface area contributed by atoms with Crippen LogP contribution in [-0.4, -0.2) is 36.8 Å². The van der Waals surface area contributed by atoms with Crippen LogP contribution in [0.1, 0.15) is 24.0 Å². The number of benzene rings is 1. The number of aryl methyl sites for hydroxylation is 1. The smallest absolute Gasteiger partial charge is 0.243 e. The third-order valence-corrected chi connectivity index (χ3v) is 6.28. The van der Waals surface area contributed by atoms with Crippen LogP contribution in [0.2, 0.25) is 0 Å². The van der Waals surface area contributed by atoms with Gasteiger partial charge in [-0.3, -0.25) is 0 Å². The van der Waals surface area contributed by atoms with Crippen molar-refractivity contribution in [3.63, 3.8) is 0 Å². The number of nitrogens with one attached hydrogen (secondary N) is 2. The molecule has 1 fully saturated rings. The first-order chi connectivity index (χ1) is 11.1. The normalized spacial score (nSPS) is 17.4. The summed E-state index contributed by atoms with van der Waals surface area (Å²) >= 11 is 0. The van der Waals surface area contributed by atoms with Crippen LogP contribution in [0.15, 0.2) is 47.6 Å². The number of aromatic nitrogens is 1. The van der Waals surface area contributed by atoms with E-state index in [1.54, 1.807) is 16.4 Å². The van der Waals surface area contributed by atoms with E-state index in [0.29, 0.717) is 24.0 Å². The Morgan fingerprint density at radius 3 is 2.48 bits per heavy atom. The zero-order chi connectivity index (χ0) is 16.3. The van der Waals surface area contributed by atoms with E-state index in [4.69, 9.17) is 0 Å². The zero-order valence-corrected chi connectivity index (χ0v) is 14.1. The molecule has 1 aromatic carbocycles. The lowest BCUT2D eigenvalue weighted by molar-refractivity contribution is 0.288. The molecular formula is C17H23N3O2S. The number of piperidine rings is 1. The summed E-state index contributed by atoms with van der Waals surface area (Å²) in [5.74, 6) is 0. The van der Waals surface area contributed by atoms with Gasteiger partial charge in [0.2, 0.25) is 10.0 Å². The molecule has 0 spiro atoms. The van der Waals surface area contributed by atoms with Crippen molar-refractivity contribution in [2.75, 3.05) is 13.1 Å². The van der Waals surface area contributed by atoms with Gasteiger partial charge in [0.25, 0.3) is 0 Å². The highest BCUT2D eigenvalue weighted by Gasteiger charge is 2.29. The van der Waals surface area contributed by atoms with Crippen molar-refractivity contribution in [3.8, 4) is 0 Å². The van der Waals surface area contributed by atoms with Crippen molar-refractivity contribution in [2.45, 2.75) is 37.2 Å². The molecule has 2 aromatic rings. The molecule has 3 rings (SSSR count). The third kappa shape index (κ3) is 3.83. The number of nitrogens with zero attached hydrogens (tertiary/aromatic N) is 1. The average Bonchev–Trinajstić information content (AvgIpc) is 3.07. The van der Waals surface area contributed by atoms with Crippen molar-refractivity contribution < 1.29 is 8.42 Å². The maximum absolute atomic E-state index is 12.7. The largest absolute Gasteiger partial charge is 0.367 e. The molecule has 0 radical (unpaired) electrons. The Morgan fingerprint density at radius 2 is 1.87 bits per heavy atom. The van der Waals surface area contributed by atoms with Crippen LogP contribution in [0, 0.1) is 6.92 Å². The summed E-state index contributed by atoms with van der Waals surface area (Å²) in [6, 6.07) is 9.50. The third-order valence-electron chi connectivity index (χ3n) is 4.37. The van der Waals surface area contributed by atoms with Crippen LogP contribution in [0.4, 0.5) is 0 Å². The Kier molecular flexibility index (Phi) is 4.84. The van der Waals surface area contributed by atoms with Crippen LogP contribution in [0.3, 0.4) is 0 Å². The molecule has 1 saturated heterocycles. The molecule has 0 atom stereocenters. The molecule has 1 aliphatic rings. The highest BCUT2D eigenvalue weighted by atomic mass is 32.2. The maximum atomic E-state index is 12.7. The SMILES string of the molecule is Cc1ccc(S(=O)(=O)N2CCC(NCc3cc[nH]c3)CC2)cc1. The van der Waals surface area contributed by atoms with Gasteiger partial charge in [0.15, 0.2) is 0 Å². The Bertz CT molecular complexity index is 716. The Morgan fingerprint density at radius 1 is 1.17 bits per heavy atom. The monoisotopic (exact) mass is 333 g/mol. The second kappa shape index (κ2) is 6.86. The fraction of sp³-hybridized carbons (Fsp3) is 0.412. The van der Waals surface area contributed by atoms with Crippen LogP contribution in [-0.2, 0) is 16.6 Å². The van der Waals surface area contributed by atoms with E-state index in [9.17, 15) is 8.42 Å². The van der Waals surface area contributed by atoms with Crippen LogP contribution >= 0.6 is 0 Å². The predicted octanol–water partition coefficient (Wildman–Crippen LogP) is 2.27. The van der Waals surface area contributed by atoms with E-state index in [2.05, 4.69) is 10.3 Å². The summed E-state index contributed by atoms with van der Waals surface area (Å²) in [5.41, 5.74) is 2.29. The molecule has 5 nitrogen and oxygen atoms in total. The number of H-pyrrole nitrogens is 1. The van der Waals surface area contributed by atoms with Crippen molar-refractivity contribution >= 4 is 10.0 Å². The first-order valence-electron chi connectivity index (χ1n) is 7.97. The van der Waals surface area contributed by atoms with Gasteiger partial charge >= 0.3 is 0 Å². The van der Waals surface area contributed by atoms with Crippen molar-refractivity contribution in [1.29, 1.82) is 0 Å². The highest BCUT2D eigenvalue weighted by Crippen LogP contribution is 2.21. The zero-order valence-electron chi connectivity index (χ0n) is 13.3. The van der Waals surface area contributed by atoms with E-state index in [-0.39, 0.29) is 0 Å². The number of hydrogen-bond donors (Lipinski definition) is 2. The van der Waals surface area contributed by atoms with Gasteiger partial charge in [0.05, 0.1) is 4.90 Å². The molecule has 2 heterocycles. The summed E-state index contributed by atoms with van der Waals surface area (Å²) in [7, 11) is -3.36. The molecule has 0 saturated carbocycles.